The molecule has 0 bridgehead atoms. The predicted molar refractivity (Wildman–Crippen MR) is 101 cm³/mol. The number of para-hydroxylation sites is 1. The van der Waals surface area contributed by atoms with Gasteiger partial charge in [-0.05, 0) is 36.8 Å². The molecule has 9 heteroatoms. The van der Waals surface area contributed by atoms with Gasteiger partial charge in [-0.25, -0.2) is 0 Å². The average molecular weight is 405 g/mol. The zero-order valence-corrected chi connectivity index (χ0v) is 15.3. The van der Waals surface area contributed by atoms with Crippen molar-refractivity contribution < 1.29 is 27.6 Å². The fourth-order valence-corrected chi connectivity index (χ4v) is 3.00. The minimum atomic E-state index is -4.54. The molecule has 0 radical (unpaired) electrons. The number of alkyl halides is 3. The Morgan fingerprint density at radius 3 is 2.48 bits per heavy atom. The van der Waals surface area contributed by atoms with Crippen molar-refractivity contribution in [2.45, 2.75) is 19.0 Å². The normalized spacial score (nSPS) is 14.0. The molecule has 0 atom stereocenters. The van der Waals surface area contributed by atoms with E-state index in [1.165, 1.54) is 18.2 Å². The molecule has 3 amide bonds. The molecule has 0 unspecified atom stereocenters. The lowest BCUT2D eigenvalue weighted by Gasteiger charge is -2.17. The van der Waals surface area contributed by atoms with Crippen LogP contribution in [0.5, 0.6) is 0 Å². The van der Waals surface area contributed by atoms with Gasteiger partial charge in [-0.3, -0.25) is 14.4 Å². The Labute approximate surface area is 164 Å². The van der Waals surface area contributed by atoms with E-state index in [1.54, 1.807) is 40.5 Å². The third kappa shape index (κ3) is 5.13. The van der Waals surface area contributed by atoms with E-state index >= 15 is 0 Å². The topological polar surface area (TPSA) is 78.5 Å². The fourth-order valence-electron chi connectivity index (χ4n) is 3.00. The Bertz CT molecular complexity index is 944. The SMILES string of the molecule is O=C(Nc1ccccc1C(=O)NCC(F)(F)F)c1cccc(N2CCCC2=O)c1. The van der Waals surface area contributed by atoms with Crippen LogP contribution in [0.4, 0.5) is 24.5 Å². The van der Waals surface area contributed by atoms with Crippen LogP contribution in [0.2, 0.25) is 0 Å². The highest BCUT2D eigenvalue weighted by atomic mass is 19.4. The largest absolute Gasteiger partial charge is 0.405 e. The van der Waals surface area contributed by atoms with Crippen LogP contribution >= 0.6 is 0 Å². The molecule has 2 aromatic rings. The lowest BCUT2D eigenvalue weighted by Crippen LogP contribution is -2.34. The molecule has 1 fully saturated rings. The van der Waals surface area contributed by atoms with Crippen LogP contribution in [-0.2, 0) is 4.79 Å². The molecule has 2 N–H and O–H groups in total. The first-order valence-corrected chi connectivity index (χ1v) is 8.90. The number of benzene rings is 2. The molecule has 3 rings (SSSR count). The summed E-state index contributed by atoms with van der Waals surface area (Å²) >= 11 is 0. The first-order chi connectivity index (χ1) is 13.7. The smallest absolute Gasteiger partial charge is 0.343 e. The van der Waals surface area contributed by atoms with E-state index in [2.05, 4.69) is 5.32 Å². The van der Waals surface area contributed by atoms with Crippen molar-refractivity contribution in [2.75, 3.05) is 23.3 Å². The van der Waals surface area contributed by atoms with Crippen molar-refractivity contribution in [1.29, 1.82) is 0 Å². The Morgan fingerprint density at radius 1 is 1.03 bits per heavy atom. The maximum absolute atomic E-state index is 12.6. The van der Waals surface area contributed by atoms with Crippen molar-refractivity contribution in [3.8, 4) is 0 Å². The second-order valence-electron chi connectivity index (χ2n) is 6.50. The molecule has 29 heavy (non-hydrogen) atoms. The summed E-state index contributed by atoms with van der Waals surface area (Å²) in [6.45, 7) is -0.897. The molecule has 0 aliphatic carbocycles. The molecule has 0 saturated carbocycles. The monoisotopic (exact) mass is 405 g/mol. The molecular weight excluding hydrogens is 387 g/mol. The van der Waals surface area contributed by atoms with Gasteiger partial charge in [0.1, 0.15) is 6.54 Å². The minimum Gasteiger partial charge on any atom is -0.343 e. The molecule has 152 valence electrons. The zero-order valence-electron chi connectivity index (χ0n) is 15.3. The van der Waals surface area contributed by atoms with Gasteiger partial charge < -0.3 is 15.5 Å². The molecule has 1 aliphatic heterocycles. The molecule has 1 saturated heterocycles. The minimum absolute atomic E-state index is 0.0192. The summed E-state index contributed by atoms with van der Waals surface area (Å²) < 4.78 is 37.0. The highest BCUT2D eigenvalue weighted by Gasteiger charge is 2.28. The van der Waals surface area contributed by atoms with E-state index in [0.717, 1.165) is 6.42 Å². The summed E-state index contributed by atoms with van der Waals surface area (Å²) in [4.78, 5) is 38.2. The maximum atomic E-state index is 12.6. The van der Waals surface area contributed by atoms with Gasteiger partial charge in [0.25, 0.3) is 11.8 Å². The number of nitrogens with zero attached hydrogens (tertiary/aromatic N) is 1. The lowest BCUT2D eigenvalue weighted by molar-refractivity contribution is -0.123. The van der Waals surface area contributed by atoms with Gasteiger partial charge >= 0.3 is 6.18 Å². The van der Waals surface area contributed by atoms with Crippen LogP contribution in [0.3, 0.4) is 0 Å². The van der Waals surface area contributed by atoms with Crippen molar-refractivity contribution in [3.63, 3.8) is 0 Å². The summed E-state index contributed by atoms with van der Waals surface area (Å²) in [7, 11) is 0. The van der Waals surface area contributed by atoms with Gasteiger partial charge in [-0.1, -0.05) is 18.2 Å². The number of halogens is 3. The number of carbonyl (C=O) groups is 3. The van der Waals surface area contributed by atoms with Crippen LogP contribution in [0, 0.1) is 0 Å². The van der Waals surface area contributed by atoms with E-state index in [1.807, 2.05) is 0 Å². The molecule has 6 nitrogen and oxygen atoms in total. The van der Waals surface area contributed by atoms with Crippen LogP contribution in [0.15, 0.2) is 48.5 Å². The molecule has 1 aliphatic rings. The standard InChI is InChI=1S/C20H18F3N3O3/c21-20(22,23)12-24-19(29)15-7-1-2-8-16(15)25-18(28)13-5-3-6-14(11-13)26-10-4-9-17(26)27/h1-3,5-8,11H,4,9-10,12H2,(H,24,29)(H,25,28). The molecule has 0 aromatic heterocycles. The highest BCUT2D eigenvalue weighted by molar-refractivity contribution is 6.09. The number of nitrogens with one attached hydrogen (secondary N) is 2. The van der Waals surface area contributed by atoms with Gasteiger partial charge in [-0.15, -0.1) is 0 Å². The van der Waals surface area contributed by atoms with Gasteiger partial charge in [0.05, 0.1) is 11.3 Å². The van der Waals surface area contributed by atoms with E-state index < -0.39 is 24.5 Å². The Morgan fingerprint density at radius 2 is 1.79 bits per heavy atom. The third-order valence-electron chi connectivity index (χ3n) is 4.36. The van der Waals surface area contributed by atoms with E-state index in [4.69, 9.17) is 0 Å². The Hall–Kier alpha value is -3.36. The quantitative estimate of drug-likeness (QED) is 0.801. The van der Waals surface area contributed by atoms with Crippen molar-refractivity contribution in [1.82, 2.24) is 5.32 Å². The summed E-state index contributed by atoms with van der Waals surface area (Å²) in [5, 5.41) is 4.33. The summed E-state index contributed by atoms with van der Waals surface area (Å²) in [6.07, 6.45) is -3.34. The second kappa shape index (κ2) is 8.34. The summed E-state index contributed by atoms with van der Waals surface area (Å²) in [6, 6.07) is 12.2. The molecule has 1 heterocycles. The van der Waals surface area contributed by atoms with Crippen molar-refractivity contribution >= 4 is 29.1 Å². The van der Waals surface area contributed by atoms with E-state index in [9.17, 15) is 27.6 Å². The van der Waals surface area contributed by atoms with Crippen LogP contribution < -0.4 is 15.5 Å². The molecule has 0 spiro atoms. The zero-order chi connectivity index (χ0) is 21.0. The van der Waals surface area contributed by atoms with Crippen molar-refractivity contribution in [2.24, 2.45) is 0 Å². The van der Waals surface area contributed by atoms with E-state index in [0.29, 0.717) is 18.7 Å². The highest BCUT2D eigenvalue weighted by Crippen LogP contribution is 2.23. The lowest BCUT2D eigenvalue weighted by atomic mass is 10.1. The third-order valence-corrected chi connectivity index (χ3v) is 4.36. The average Bonchev–Trinajstić information content (AvgIpc) is 3.12. The van der Waals surface area contributed by atoms with Gasteiger partial charge in [-0.2, -0.15) is 13.2 Å². The van der Waals surface area contributed by atoms with E-state index in [-0.39, 0.29) is 22.7 Å². The molecule has 2 aromatic carbocycles. The number of amides is 3. The first kappa shape index (κ1) is 20.4. The fraction of sp³-hybridized carbons (Fsp3) is 0.250. The second-order valence-corrected chi connectivity index (χ2v) is 6.50. The van der Waals surface area contributed by atoms with Gasteiger partial charge in [0.2, 0.25) is 5.91 Å². The Kier molecular flexibility index (Phi) is 5.86. The number of hydrogen-bond donors (Lipinski definition) is 2. The van der Waals surface area contributed by atoms with Crippen LogP contribution in [-0.4, -0.2) is 37.0 Å². The maximum Gasteiger partial charge on any atom is 0.405 e. The predicted octanol–water partition coefficient (Wildman–Crippen LogP) is 3.36. The number of anilines is 2. The number of carbonyl (C=O) groups excluding carboxylic acids is 3. The number of rotatable bonds is 5. The first-order valence-electron chi connectivity index (χ1n) is 8.90. The molecular formula is C20H18F3N3O3. The van der Waals surface area contributed by atoms with Crippen molar-refractivity contribution in [3.05, 3.63) is 59.7 Å². The summed E-state index contributed by atoms with van der Waals surface area (Å²) in [5.74, 6) is -1.52. The van der Waals surface area contributed by atoms with Crippen LogP contribution in [0.25, 0.3) is 0 Å². The van der Waals surface area contributed by atoms with Crippen LogP contribution in [0.1, 0.15) is 33.6 Å². The Balaban J connectivity index is 1.76. The van der Waals surface area contributed by atoms with Gasteiger partial charge in [0.15, 0.2) is 0 Å². The number of hydrogen-bond acceptors (Lipinski definition) is 3. The summed E-state index contributed by atoms with van der Waals surface area (Å²) in [5.41, 5.74) is 0.847. The van der Waals surface area contributed by atoms with Gasteiger partial charge in [0, 0.05) is 24.2 Å².